The quantitative estimate of drug-likeness (QED) is 0.815. The number of rotatable bonds is 5. The SMILES string of the molecule is CC1(C(=O)OCCN)CCN(Cc2ccccc2)C1. The van der Waals surface area contributed by atoms with E-state index < -0.39 is 0 Å². The molecule has 0 aromatic heterocycles. The van der Waals surface area contributed by atoms with Crippen LogP contribution in [0, 0.1) is 5.41 Å². The molecule has 4 heteroatoms. The van der Waals surface area contributed by atoms with E-state index in [1.54, 1.807) is 0 Å². The standard InChI is InChI=1S/C15H22N2O2/c1-15(14(18)19-10-8-16)7-9-17(12-15)11-13-5-3-2-4-6-13/h2-6H,7-12,16H2,1H3. The highest BCUT2D eigenvalue weighted by molar-refractivity contribution is 5.77. The van der Waals surface area contributed by atoms with Gasteiger partial charge in [0.05, 0.1) is 5.41 Å². The minimum atomic E-state index is -0.385. The van der Waals surface area contributed by atoms with Gasteiger partial charge in [-0.25, -0.2) is 0 Å². The van der Waals surface area contributed by atoms with Gasteiger partial charge in [0.1, 0.15) is 6.61 Å². The summed E-state index contributed by atoms with van der Waals surface area (Å²) in [5, 5.41) is 0. The van der Waals surface area contributed by atoms with E-state index in [-0.39, 0.29) is 11.4 Å². The average molecular weight is 262 g/mol. The lowest BCUT2D eigenvalue weighted by Crippen LogP contribution is -2.34. The maximum atomic E-state index is 12.0. The van der Waals surface area contributed by atoms with Gasteiger partial charge in [0, 0.05) is 19.6 Å². The van der Waals surface area contributed by atoms with Crippen LogP contribution in [0.1, 0.15) is 18.9 Å². The molecule has 1 heterocycles. The van der Waals surface area contributed by atoms with Crippen LogP contribution in [-0.2, 0) is 16.1 Å². The number of hydrogen-bond donors (Lipinski definition) is 1. The van der Waals surface area contributed by atoms with E-state index in [9.17, 15) is 4.79 Å². The van der Waals surface area contributed by atoms with Gasteiger partial charge in [-0.05, 0) is 25.5 Å². The molecule has 2 N–H and O–H groups in total. The van der Waals surface area contributed by atoms with Crippen LogP contribution in [0.3, 0.4) is 0 Å². The number of carbonyl (C=O) groups excluding carboxylic acids is 1. The number of ether oxygens (including phenoxy) is 1. The number of carbonyl (C=O) groups is 1. The van der Waals surface area contributed by atoms with Gasteiger partial charge in [-0.15, -0.1) is 0 Å². The van der Waals surface area contributed by atoms with E-state index >= 15 is 0 Å². The largest absolute Gasteiger partial charge is 0.464 e. The summed E-state index contributed by atoms with van der Waals surface area (Å²) in [6.07, 6.45) is 0.850. The molecular formula is C15H22N2O2. The highest BCUT2D eigenvalue weighted by Crippen LogP contribution is 2.32. The van der Waals surface area contributed by atoms with Crippen LogP contribution < -0.4 is 5.73 Å². The lowest BCUT2D eigenvalue weighted by molar-refractivity contribution is -0.153. The summed E-state index contributed by atoms with van der Waals surface area (Å²) in [6.45, 7) is 5.26. The third-order valence-electron chi connectivity index (χ3n) is 3.65. The van der Waals surface area contributed by atoms with Crippen LogP contribution in [-0.4, -0.2) is 37.1 Å². The number of benzene rings is 1. The Bertz CT molecular complexity index is 421. The van der Waals surface area contributed by atoms with Gasteiger partial charge in [-0.3, -0.25) is 9.69 Å². The molecule has 1 aromatic rings. The van der Waals surface area contributed by atoms with E-state index in [1.807, 2.05) is 25.1 Å². The maximum absolute atomic E-state index is 12.0. The summed E-state index contributed by atoms with van der Waals surface area (Å²) in [5.74, 6) is -0.117. The molecule has 1 aliphatic heterocycles. The van der Waals surface area contributed by atoms with Crippen LogP contribution in [0.5, 0.6) is 0 Å². The Hall–Kier alpha value is -1.39. The second-order valence-electron chi connectivity index (χ2n) is 5.43. The zero-order valence-electron chi connectivity index (χ0n) is 11.5. The van der Waals surface area contributed by atoms with E-state index in [2.05, 4.69) is 17.0 Å². The summed E-state index contributed by atoms with van der Waals surface area (Å²) >= 11 is 0. The van der Waals surface area contributed by atoms with Crippen molar-refractivity contribution in [3.8, 4) is 0 Å². The Labute approximate surface area is 114 Å². The van der Waals surface area contributed by atoms with Crippen molar-refractivity contribution in [3.63, 3.8) is 0 Å². The molecule has 1 atom stereocenters. The predicted molar refractivity (Wildman–Crippen MR) is 74.5 cm³/mol. The first kappa shape index (κ1) is 14.0. The molecule has 19 heavy (non-hydrogen) atoms. The molecule has 0 aliphatic carbocycles. The Morgan fingerprint density at radius 3 is 2.84 bits per heavy atom. The van der Waals surface area contributed by atoms with Crippen molar-refractivity contribution in [2.45, 2.75) is 19.9 Å². The van der Waals surface area contributed by atoms with Crippen molar-refractivity contribution < 1.29 is 9.53 Å². The first-order valence-corrected chi connectivity index (χ1v) is 6.78. The van der Waals surface area contributed by atoms with Gasteiger partial charge >= 0.3 is 5.97 Å². The minimum Gasteiger partial charge on any atom is -0.464 e. The second kappa shape index (κ2) is 6.17. The highest BCUT2D eigenvalue weighted by Gasteiger charge is 2.41. The van der Waals surface area contributed by atoms with Gasteiger partial charge in [0.25, 0.3) is 0 Å². The molecule has 0 spiro atoms. The number of esters is 1. The van der Waals surface area contributed by atoms with Crippen molar-refractivity contribution in [2.75, 3.05) is 26.2 Å². The first-order chi connectivity index (χ1) is 9.14. The highest BCUT2D eigenvalue weighted by atomic mass is 16.5. The van der Waals surface area contributed by atoms with Gasteiger partial charge in [0.2, 0.25) is 0 Å². The maximum Gasteiger partial charge on any atom is 0.313 e. The molecule has 1 unspecified atom stereocenters. The Balaban J connectivity index is 1.90. The molecule has 1 aliphatic rings. The fourth-order valence-corrected chi connectivity index (χ4v) is 2.53. The molecule has 104 valence electrons. The topological polar surface area (TPSA) is 55.6 Å². The normalized spacial score (nSPS) is 23.5. The van der Waals surface area contributed by atoms with E-state index in [4.69, 9.17) is 10.5 Å². The molecule has 0 radical (unpaired) electrons. The molecule has 2 rings (SSSR count). The first-order valence-electron chi connectivity index (χ1n) is 6.78. The average Bonchev–Trinajstić information content (AvgIpc) is 2.80. The lowest BCUT2D eigenvalue weighted by Gasteiger charge is -2.22. The molecule has 1 fully saturated rings. The Kier molecular flexibility index (Phi) is 4.56. The molecule has 1 aromatic carbocycles. The molecule has 0 amide bonds. The third-order valence-corrected chi connectivity index (χ3v) is 3.65. The van der Waals surface area contributed by atoms with Crippen LogP contribution in [0.25, 0.3) is 0 Å². The molecule has 4 nitrogen and oxygen atoms in total. The van der Waals surface area contributed by atoms with E-state index in [0.717, 1.165) is 26.1 Å². The third kappa shape index (κ3) is 3.55. The Morgan fingerprint density at radius 2 is 2.16 bits per heavy atom. The van der Waals surface area contributed by atoms with Gasteiger partial charge in [-0.1, -0.05) is 30.3 Å². The molecule has 0 bridgehead atoms. The predicted octanol–water partition coefficient (Wildman–Crippen LogP) is 1.40. The zero-order chi connectivity index (χ0) is 13.7. The van der Waals surface area contributed by atoms with Crippen molar-refractivity contribution in [1.29, 1.82) is 0 Å². The lowest BCUT2D eigenvalue weighted by atomic mass is 9.90. The number of nitrogens with two attached hydrogens (primary N) is 1. The van der Waals surface area contributed by atoms with Crippen molar-refractivity contribution >= 4 is 5.97 Å². The summed E-state index contributed by atoms with van der Waals surface area (Å²) in [7, 11) is 0. The monoisotopic (exact) mass is 262 g/mol. The second-order valence-corrected chi connectivity index (χ2v) is 5.43. The van der Waals surface area contributed by atoms with Crippen molar-refractivity contribution in [1.82, 2.24) is 4.90 Å². The molecule has 0 saturated carbocycles. The minimum absolute atomic E-state index is 0.117. The summed E-state index contributed by atoms with van der Waals surface area (Å²) in [6, 6.07) is 10.3. The number of nitrogens with zero attached hydrogens (tertiary/aromatic N) is 1. The van der Waals surface area contributed by atoms with Crippen LogP contribution in [0.15, 0.2) is 30.3 Å². The zero-order valence-corrected chi connectivity index (χ0v) is 11.5. The fraction of sp³-hybridized carbons (Fsp3) is 0.533. The summed E-state index contributed by atoms with van der Waals surface area (Å²) in [4.78, 5) is 14.3. The fourth-order valence-electron chi connectivity index (χ4n) is 2.53. The van der Waals surface area contributed by atoms with Gasteiger partial charge < -0.3 is 10.5 Å². The molecule has 1 saturated heterocycles. The summed E-state index contributed by atoms with van der Waals surface area (Å²) < 4.78 is 5.19. The number of likely N-dealkylation sites (tertiary alicyclic amines) is 1. The van der Waals surface area contributed by atoms with E-state index in [0.29, 0.717) is 13.2 Å². The number of hydrogen-bond acceptors (Lipinski definition) is 4. The van der Waals surface area contributed by atoms with Crippen LogP contribution >= 0.6 is 0 Å². The summed E-state index contributed by atoms with van der Waals surface area (Å²) in [5.41, 5.74) is 6.26. The Morgan fingerprint density at radius 1 is 1.42 bits per heavy atom. The van der Waals surface area contributed by atoms with Gasteiger partial charge in [-0.2, -0.15) is 0 Å². The van der Waals surface area contributed by atoms with Gasteiger partial charge in [0.15, 0.2) is 0 Å². The van der Waals surface area contributed by atoms with Crippen LogP contribution in [0.2, 0.25) is 0 Å². The smallest absolute Gasteiger partial charge is 0.313 e. The van der Waals surface area contributed by atoms with Crippen LogP contribution in [0.4, 0.5) is 0 Å². The van der Waals surface area contributed by atoms with Crippen molar-refractivity contribution in [3.05, 3.63) is 35.9 Å². The molecular weight excluding hydrogens is 240 g/mol. The van der Waals surface area contributed by atoms with E-state index in [1.165, 1.54) is 5.56 Å². The van der Waals surface area contributed by atoms with Crippen molar-refractivity contribution in [2.24, 2.45) is 11.1 Å².